The average Bonchev–Trinajstić information content (AvgIpc) is 3.91. The number of anilines is 4. The van der Waals surface area contributed by atoms with Crippen LogP contribution in [-0.4, -0.2) is 127 Å². The molecular weight excluding hydrogens is 851 g/mol. The maximum atomic E-state index is 15.1. The molecule has 3 saturated heterocycles. The van der Waals surface area contributed by atoms with Crippen molar-refractivity contribution in [3.63, 3.8) is 0 Å². The van der Waals surface area contributed by atoms with Gasteiger partial charge in [-0.1, -0.05) is 24.4 Å². The number of aromatic nitrogens is 7. The number of carbonyl (C=O) groups excluding carboxylic acids is 3. The molecule has 4 aromatic heterocycles. The molecule has 3 amide bonds. The number of halogens is 2. The molecule has 66 heavy (non-hydrogen) atoms. The number of fused-ring (bicyclic) bond motifs is 1. The molecule has 4 aliphatic rings. The van der Waals surface area contributed by atoms with E-state index in [1.807, 2.05) is 42.7 Å². The van der Waals surface area contributed by atoms with Gasteiger partial charge < -0.3 is 30.3 Å². The predicted molar refractivity (Wildman–Crippen MR) is 245 cm³/mol. The number of unbranched alkanes of at least 4 members (excludes halogenated alkanes) is 4. The second-order valence-corrected chi connectivity index (χ2v) is 18.8. The first-order valence-corrected chi connectivity index (χ1v) is 23.2. The highest BCUT2D eigenvalue weighted by atomic mass is 19.1. The standard InChI is InChI=1S/C46H58F2N14O4/c1-46(2,3)62-44-37(42(49)52-27-53-44)38(56-62)39-36(41(66-57-39)28-10-11-28)43-50-25-30(26-51-43)59-19-21-60(22-20-59)35(64)9-7-5-4-6-8-14-58-15-17-61(18-16-58)40-31(47)23-29(24-32(40)48)54-33-12-13-34(63)55-45(33)65/h23-28,33,54H,4-22H2,1-3H3,(H2,49,52,53)(H,55,63,65). The monoisotopic (exact) mass is 908 g/mol. The van der Waals surface area contributed by atoms with Crippen molar-refractivity contribution >= 4 is 51.6 Å². The van der Waals surface area contributed by atoms with Gasteiger partial charge in [-0.3, -0.25) is 24.6 Å². The third kappa shape index (κ3) is 9.64. The summed E-state index contributed by atoms with van der Waals surface area (Å²) >= 11 is 0. The van der Waals surface area contributed by atoms with Crippen molar-refractivity contribution < 1.29 is 27.7 Å². The summed E-state index contributed by atoms with van der Waals surface area (Å²) in [5.74, 6) is -0.239. The van der Waals surface area contributed by atoms with E-state index in [2.05, 4.69) is 35.6 Å². The minimum Gasteiger partial charge on any atom is -0.383 e. The van der Waals surface area contributed by atoms with E-state index in [0.717, 1.165) is 62.9 Å². The van der Waals surface area contributed by atoms with Crippen LogP contribution < -0.4 is 26.2 Å². The fourth-order valence-corrected chi connectivity index (χ4v) is 9.22. The first kappa shape index (κ1) is 44.9. The second kappa shape index (κ2) is 18.9. The number of rotatable bonds is 15. The lowest BCUT2D eigenvalue weighted by Crippen LogP contribution is -2.48. The van der Waals surface area contributed by atoms with Crippen molar-refractivity contribution in [3.05, 3.63) is 48.2 Å². The van der Waals surface area contributed by atoms with Crippen LogP contribution in [0, 0.1) is 11.6 Å². The number of amides is 3. The van der Waals surface area contributed by atoms with Gasteiger partial charge in [0, 0.05) is 76.8 Å². The number of nitrogens with two attached hydrogens (primary N) is 1. The van der Waals surface area contributed by atoms with Crippen molar-refractivity contribution in [1.29, 1.82) is 0 Å². The normalized spacial score (nSPS) is 18.6. The van der Waals surface area contributed by atoms with Crippen LogP contribution in [-0.2, 0) is 19.9 Å². The lowest BCUT2D eigenvalue weighted by Gasteiger charge is -2.36. The van der Waals surface area contributed by atoms with Crippen molar-refractivity contribution in [2.45, 2.75) is 102 Å². The number of nitrogens with one attached hydrogen (secondary N) is 2. The van der Waals surface area contributed by atoms with Crippen molar-refractivity contribution in [1.82, 2.24) is 50.0 Å². The van der Waals surface area contributed by atoms with Crippen molar-refractivity contribution in [2.75, 3.05) is 79.8 Å². The maximum absolute atomic E-state index is 15.1. The molecule has 1 saturated carbocycles. The Kier molecular flexibility index (Phi) is 12.8. The molecule has 3 aliphatic heterocycles. The van der Waals surface area contributed by atoms with E-state index in [-0.39, 0.29) is 47.5 Å². The molecule has 5 aromatic rings. The molecule has 1 aromatic carbocycles. The topological polar surface area (TPSA) is 210 Å². The summed E-state index contributed by atoms with van der Waals surface area (Å²) < 4.78 is 38.1. The van der Waals surface area contributed by atoms with E-state index in [9.17, 15) is 14.4 Å². The Labute approximate surface area is 381 Å². The van der Waals surface area contributed by atoms with E-state index in [4.69, 9.17) is 25.3 Å². The van der Waals surface area contributed by atoms with Gasteiger partial charge in [0.1, 0.15) is 35.3 Å². The van der Waals surface area contributed by atoms with E-state index in [1.54, 1.807) is 4.90 Å². The number of benzene rings is 1. The summed E-state index contributed by atoms with van der Waals surface area (Å²) in [7, 11) is 0. The van der Waals surface area contributed by atoms with Crippen LogP contribution in [0.25, 0.3) is 33.8 Å². The number of carbonyl (C=O) groups is 3. The Morgan fingerprint density at radius 2 is 1.55 bits per heavy atom. The van der Waals surface area contributed by atoms with Crippen molar-refractivity contribution in [3.8, 4) is 22.8 Å². The fourth-order valence-electron chi connectivity index (χ4n) is 9.22. The summed E-state index contributed by atoms with van der Waals surface area (Å²) in [5, 5.41) is 15.2. The van der Waals surface area contributed by atoms with Crippen LogP contribution in [0.5, 0.6) is 0 Å². The summed E-state index contributed by atoms with van der Waals surface area (Å²) in [4.78, 5) is 63.3. The largest absolute Gasteiger partial charge is 0.383 e. The smallest absolute Gasteiger partial charge is 0.249 e. The number of piperidine rings is 1. The third-order valence-corrected chi connectivity index (χ3v) is 13.0. The van der Waals surface area contributed by atoms with Crippen LogP contribution in [0.1, 0.15) is 96.7 Å². The molecule has 4 N–H and O–H groups in total. The third-order valence-electron chi connectivity index (χ3n) is 13.0. The Balaban J connectivity index is 0.693. The number of imide groups is 1. The molecular formula is C46H58F2N14O4. The van der Waals surface area contributed by atoms with Crippen LogP contribution in [0.15, 0.2) is 35.4 Å². The Morgan fingerprint density at radius 3 is 2.23 bits per heavy atom. The van der Waals surface area contributed by atoms with Gasteiger partial charge in [-0.15, -0.1) is 0 Å². The summed E-state index contributed by atoms with van der Waals surface area (Å²) in [6, 6.07) is 1.70. The van der Waals surface area contributed by atoms with E-state index in [0.29, 0.717) is 98.4 Å². The highest BCUT2D eigenvalue weighted by molar-refractivity contribution is 6.02. The van der Waals surface area contributed by atoms with Crippen LogP contribution in [0.4, 0.5) is 31.7 Å². The molecule has 350 valence electrons. The fraction of sp³-hybridized carbons (Fsp3) is 0.543. The second-order valence-electron chi connectivity index (χ2n) is 18.8. The molecule has 7 heterocycles. The van der Waals surface area contributed by atoms with Gasteiger partial charge in [0.15, 0.2) is 28.9 Å². The SMILES string of the molecule is CC(C)(C)n1nc(-c2noc(C3CC3)c2-c2ncc(N3CCN(C(=O)CCCCCCCN4CCN(c5c(F)cc(NC6CCC(=O)NC6=O)cc5F)CC4)CC3)cn2)c2c(N)ncnc21. The van der Waals surface area contributed by atoms with Gasteiger partial charge in [-0.05, 0) is 71.6 Å². The molecule has 1 atom stereocenters. The van der Waals surface area contributed by atoms with Gasteiger partial charge in [0.2, 0.25) is 17.7 Å². The zero-order valence-corrected chi connectivity index (χ0v) is 37.9. The van der Waals surface area contributed by atoms with Crippen LogP contribution in [0.3, 0.4) is 0 Å². The molecule has 18 nitrogen and oxygen atoms in total. The number of nitrogens with zero attached hydrogens (tertiary/aromatic N) is 11. The van der Waals surface area contributed by atoms with Crippen LogP contribution in [0.2, 0.25) is 0 Å². The molecule has 1 aliphatic carbocycles. The Morgan fingerprint density at radius 1 is 0.864 bits per heavy atom. The average molecular weight is 909 g/mol. The van der Waals surface area contributed by atoms with Gasteiger partial charge in [0.25, 0.3) is 0 Å². The highest BCUT2D eigenvalue weighted by Gasteiger charge is 2.37. The Bertz CT molecular complexity index is 2550. The first-order valence-electron chi connectivity index (χ1n) is 23.2. The molecule has 20 heteroatoms. The molecule has 0 spiro atoms. The lowest BCUT2D eigenvalue weighted by atomic mass is 10.1. The zero-order chi connectivity index (χ0) is 46.1. The van der Waals surface area contributed by atoms with Gasteiger partial charge in [-0.25, -0.2) is 33.4 Å². The predicted octanol–water partition coefficient (Wildman–Crippen LogP) is 5.46. The number of nitrogen functional groups attached to an aromatic ring is 1. The molecule has 9 rings (SSSR count). The Hall–Kier alpha value is -6.31. The summed E-state index contributed by atoms with van der Waals surface area (Å²) in [5.41, 5.74) is 9.39. The quantitative estimate of drug-likeness (QED) is 0.0880. The summed E-state index contributed by atoms with van der Waals surface area (Å²) in [6.07, 6.45) is 13.0. The minimum absolute atomic E-state index is 0.0553. The van der Waals surface area contributed by atoms with Crippen LogP contribution >= 0.6 is 0 Å². The minimum atomic E-state index is -0.720. The molecule has 0 bridgehead atoms. The molecule has 4 fully saturated rings. The maximum Gasteiger partial charge on any atom is 0.249 e. The molecule has 0 radical (unpaired) electrons. The first-order chi connectivity index (χ1) is 31.8. The van der Waals surface area contributed by atoms with Crippen molar-refractivity contribution in [2.24, 2.45) is 0 Å². The van der Waals surface area contributed by atoms with E-state index < -0.39 is 23.6 Å². The zero-order valence-electron chi connectivity index (χ0n) is 37.9. The van der Waals surface area contributed by atoms with Gasteiger partial charge in [-0.2, -0.15) is 5.10 Å². The van der Waals surface area contributed by atoms with E-state index >= 15 is 8.78 Å². The molecule has 1 unspecified atom stereocenters. The van der Waals surface area contributed by atoms with Gasteiger partial charge >= 0.3 is 0 Å². The summed E-state index contributed by atoms with van der Waals surface area (Å²) in [6.45, 7) is 12.1. The highest BCUT2D eigenvalue weighted by Crippen LogP contribution is 2.48. The van der Waals surface area contributed by atoms with E-state index in [1.165, 1.54) is 18.5 Å². The number of hydrogen-bond acceptors (Lipinski definition) is 15. The lowest BCUT2D eigenvalue weighted by molar-refractivity contribution is -0.134. The number of hydrogen-bond donors (Lipinski definition) is 3. The van der Waals surface area contributed by atoms with Gasteiger partial charge in [0.05, 0.1) is 34.6 Å². The number of piperazine rings is 2.